The summed E-state index contributed by atoms with van der Waals surface area (Å²) in [7, 11) is 2.01. The summed E-state index contributed by atoms with van der Waals surface area (Å²) in [4.78, 5) is 4.59. The molecular formula is C13H17ClN2. The van der Waals surface area contributed by atoms with Gasteiger partial charge in [-0.3, -0.25) is 0 Å². The van der Waals surface area contributed by atoms with Crippen LogP contribution in [0.1, 0.15) is 43.5 Å². The Morgan fingerprint density at radius 3 is 2.50 bits per heavy atom. The Labute approximate surface area is 101 Å². The lowest BCUT2D eigenvalue weighted by Gasteiger charge is -2.05. The number of hydrogen-bond donors (Lipinski definition) is 0. The molecule has 0 saturated heterocycles. The number of halogens is 1. The summed E-state index contributed by atoms with van der Waals surface area (Å²) >= 11 is 6.10. The molecule has 3 heteroatoms. The molecule has 16 heavy (non-hydrogen) atoms. The van der Waals surface area contributed by atoms with Crippen molar-refractivity contribution in [2.75, 3.05) is 0 Å². The van der Waals surface area contributed by atoms with Gasteiger partial charge in [-0.25, -0.2) is 4.98 Å². The van der Waals surface area contributed by atoms with Crippen LogP contribution >= 0.6 is 11.6 Å². The minimum atomic E-state index is -0.0556. The number of nitrogens with zero attached hydrogens (tertiary/aromatic N) is 2. The number of hydrogen-bond acceptors (Lipinski definition) is 1. The van der Waals surface area contributed by atoms with Gasteiger partial charge in [-0.1, -0.05) is 19.9 Å². The molecule has 0 N–H and O–H groups in total. The van der Waals surface area contributed by atoms with Gasteiger partial charge in [-0.05, 0) is 30.5 Å². The largest absolute Gasteiger partial charge is 0.330 e. The Kier molecular flexibility index (Phi) is 2.94. The van der Waals surface area contributed by atoms with Crippen LogP contribution in [0, 0.1) is 0 Å². The van der Waals surface area contributed by atoms with Gasteiger partial charge in [0.25, 0.3) is 0 Å². The summed E-state index contributed by atoms with van der Waals surface area (Å²) < 4.78 is 2.07. The fraction of sp³-hybridized carbons (Fsp3) is 0.462. The molecule has 0 fully saturated rings. The van der Waals surface area contributed by atoms with Crippen molar-refractivity contribution >= 4 is 22.6 Å². The molecule has 0 spiro atoms. The van der Waals surface area contributed by atoms with Crippen molar-refractivity contribution in [3.05, 3.63) is 29.6 Å². The molecule has 1 aromatic heterocycles. The predicted molar refractivity (Wildman–Crippen MR) is 69.1 cm³/mol. The Balaban J connectivity index is 2.63. The highest BCUT2D eigenvalue weighted by Crippen LogP contribution is 2.25. The Hall–Kier alpha value is -1.02. The van der Waals surface area contributed by atoms with Gasteiger partial charge in [0.05, 0.1) is 16.4 Å². The van der Waals surface area contributed by atoms with E-state index in [2.05, 4.69) is 41.6 Å². The van der Waals surface area contributed by atoms with E-state index in [1.165, 1.54) is 5.56 Å². The van der Waals surface area contributed by atoms with Crippen LogP contribution in [0.4, 0.5) is 0 Å². The molecular weight excluding hydrogens is 220 g/mol. The lowest BCUT2D eigenvalue weighted by molar-refractivity contribution is 0.812. The van der Waals surface area contributed by atoms with Crippen LogP contribution in [0.3, 0.4) is 0 Å². The van der Waals surface area contributed by atoms with E-state index in [9.17, 15) is 0 Å². The van der Waals surface area contributed by atoms with E-state index in [-0.39, 0.29) is 5.38 Å². The second-order valence-corrected chi connectivity index (χ2v) is 5.20. The number of fused-ring (bicyclic) bond motifs is 1. The highest BCUT2D eigenvalue weighted by atomic mass is 35.5. The molecule has 1 unspecified atom stereocenters. The van der Waals surface area contributed by atoms with Crippen molar-refractivity contribution in [1.82, 2.24) is 9.55 Å². The average molecular weight is 237 g/mol. The quantitative estimate of drug-likeness (QED) is 0.721. The summed E-state index contributed by atoms with van der Waals surface area (Å²) in [5, 5.41) is -0.0556. The topological polar surface area (TPSA) is 17.8 Å². The molecule has 0 aliphatic carbocycles. The maximum atomic E-state index is 6.10. The van der Waals surface area contributed by atoms with Gasteiger partial charge < -0.3 is 4.57 Å². The normalized spacial score (nSPS) is 13.6. The van der Waals surface area contributed by atoms with Crippen LogP contribution in [-0.4, -0.2) is 9.55 Å². The van der Waals surface area contributed by atoms with Crippen LogP contribution < -0.4 is 0 Å². The van der Waals surface area contributed by atoms with Crippen molar-refractivity contribution < 1.29 is 0 Å². The molecule has 86 valence electrons. The second kappa shape index (κ2) is 4.10. The third-order valence-corrected chi connectivity index (χ3v) is 3.16. The SMILES string of the molecule is CC(C)c1ccc2c(c1)nc(C(C)Cl)n2C. The van der Waals surface area contributed by atoms with E-state index < -0.39 is 0 Å². The number of alkyl halides is 1. The summed E-state index contributed by atoms with van der Waals surface area (Å²) in [5.74, 6) is 1.46. The molecule has 2 aromatic rings. The average Bonchev–Trinajstić information content (AvgIpc) is 2.55. The first-order valence-electron chi connectivity index (χ1n) is 5.61. The summed E-state index contributed by atoms with van der Waals surface area (Å²) in [6.07, 6.45) is 0. The number of aryl methyl sites for hydroxylation is 1. The summed E-state index contributed by atoms with van der Waals surface area (Å²) in [6, 6.07) is 6.45. The maximum Gasteiger partial charge on any atom is 0.127 e. The monoisotopic (exact) mass is 236 g/mol. The van der Waals surface area contributed by atoms with Gasteiger partial charge in [-0.15, -0.1) is 11.6 Å². The third kappa shape index (κ3) is 1.82. The van der Waals surface area contributed by atoms with Crippen molar-refractivity contribution in [3.63, 3.8) is 0 Å². The van der Waals surface area contributed by atoms with Crippen LogP contribution in [-0.2, 0) is 7.05 Å². The van der Waals surface area contributed by atoms with Crippen molar-refractivity contribution in [2.45, 2.75) is 32.1 Å². The van der Waals surface area contributed by atoms with Crippen LogP contribution in [0.15, 0.2) is 18.2 Å². The third-order valence-electron chi connectivity index (χ3n) is 2.96. The fourth-order valence-electron chi connectivity index (χ4n) is 1.95. The zero-order chi connectivity index (χ0) is 11.9. The highest BCUT2D eigenvalue weighted by molar-refractivity contribution is 6.20. The fourth-order valence-corrected chi connectivity index (χ4v) is 2.15. The van der Waals surface area contributed by atoms with E-state index in [0.29, 0.717) is 5.92 Å². The molecule has 0 saturated carbocycles. The molecule has 1 atom stereocenters. The van der Waals surface area contributed by atoms with E-state index in [4.69, 9.17) is 11.6 Å². The summed E-state index contributed by atoms with van der Waals surface area (Å²) in [5.41, 5.74) is 3.50. The second-order valence-electron chi connectivity index (χ2n) is 4.55. The first-order chi connectivity index (χ1) is 7.50. The van der Waals surface area contributed by atoms with E-state index >= 15 is 0 Å². The van der Waals surface area contributed by atoms with E-state index in [0.717, 1.165) is 16.9 Å². The van der Waals surface area contributed by atoms with Gasteiger partial charge in [0.1, 0.15) is 5.82 Å². The lowest BCUT2D eigenvalue weighted by Crippen LogP contribution is -1.97. The first kappa shape index (κ1) is 11.5. The number of imidazole rings is 1. The van der Waals surface area contributed by atoms with Gasteiger partial charge in [0.2, 0.25) is 0 Å². The zero-order valence-corrected chi connectivity index (χ0v) is 10.9. The molecule has 1 aromatic carbocycles. The Morgan fingerprint density at radius 2 is 1.94 bits per heavy atom. The first-order valence-corrected chi connectivity index (χ1v) is 6.04. The molecule has 0 bridgehead atoms. The lowest BCUT2D eigenvalue weighted by atomic mass is 10.0. The van der Waals surface area contributed by atoms with Gasteiger partial charge in [0, 0.05) is 7.05 Å². The number of benzene rings is 1. The van der Waals surface area contributed by atoms with Gasteiger partial charge >= 0.3 is 0 Å². The minimum absolute atomic E-state index is 0.0556. The molecule has 0 aliphatic rings. The van der Waals surface area contributed by atoms with Crippen LogP contribution in [0.5, 0.6) is 0 Å². The minimum Gasteiger partial charge on any atom is -0.330 e. The highest BCUT2D eigenvalue weighted by Gasteiger charge is 2.12. The van der Waals surface area contributed by atoms with E-state index in [1.54, 1.807) is 0 Å². The van der Waals surface area contributed by atoms with Crippen LogP contribution in [0.2, 0.25) is 0 Å². The molecule has 2 rings (SSSR count). The molecule has 0 radical (unpaired) electrons. The molecule has 2 nitrogen and oxygen atoms in total. The molecule has 0 amide bonds. The van der Waals surface area contributed by atoms with Crippen molar-refractivity contribution in [1.29, 1.82) is 0 Å². The predicted octanol–water partition coefficient (Wildman–Crippen LogP) is 4.00. The van der Waals surface area contributed by atoms with Gasteiger partial charge in [0.15, 0.2) is 0 Å². The molecule has 0 aliphatic heterocycles. The standard InChI is InChI=1S/C13H17ClN2/c1-8(2)10-5-6-12-11(7-10)15-13(9(3)14)16(12)4/h5-9H,1-4H3. The summed E-state index contributed by atoms with van der Waals surface area (Å²) in [6.45, 7) is 6.33. The van der Waals surface area contributed by atoms with E-state index in [1.807, 2.05) is 14.0 Å². The van der Waals surface area contributed by atoms with Crippen LogP contribution in [0.25, 0.3) is 11.0 Å². The van der Waals surface area contributed by atoms with Gasteiger partial charge in [-0.2, -0.15) is 0 Å². The zero-order valence-electron chi connectivity index (χ0n) is 10.2. The Morgan fingerprint density at radius 1 is 1.25 bits per heavy atom. The smallest absolute Gasteiger partial charge is 0.127 e. The number of rotatable bonds is 2. The Bertz CT molecular complexity index is 512. The van der Waals surface area contributed by atoms with Crippen molar-refractivity contribution in [3.8, 4) is 0 Å². The maximum absolute atomic E-state index is 6.10. The number of aromatic nitrogens is 2. The van der Waals surface area contributed by atoms with Crippen molar-refractivity contribution in [2.24, 2.45) is 7.05 Å². The molecule has 1 heterocycles.